The van der Waals surface area contributed by atoms with Crippen molar-refractivity contribution in [2.45, 2.75) is 64.3 Å². The molecule has 1 atom stereocenters. The lowest BCUT2D eigenvalue weighted by Gasteiger charge is -2.24. The van der Waals surface area contributed by atoms with Crippen LogP contribution in [0.4, 0.5) is 0 Å². The highest BCUT2D eigenvalue weighted by Crippen LogP contribution is 2.37. The molecule has 4 N–H and O–H groups in total. The SMILES string of the molecule is Cc1cccc(CCCCC(=O)c2ccc(CCC(C)(N)CCP(=O)(O)O)s2)c1. The Balaban J connectivity index is 1.74. The van der Waals surface area contributed by atoms with Crippen LogP contribution in [0.25, 0.3) is 0 Å². The Kier molecular flexibility index (Phi) is 8.80. The van der Waals surface area contributed by atoms with Crippen molar-refractivity contribution in [3.63, 3.8) is 0 Å². The van der Waals surface area contributed by atoms with Gasteiger partial charge in [-0.3, -0.25) is 9.36 Å². The van der Waals surface area contributed by atoms with Crippen molar-refractivity contribution in [2.75, 3.05) is 6.16 Å². The zero-order chi connectivity index (χ0) is 21.5. The van der Waals surface area contributed by atoms with Gasteiger partial charge in [0.2, 0.25) is 0 Å². The number of nitrogens with two attached hydrogens (primary N) is 1. The number of carbonyl (C=O) groups is 1. The number of Topliss-reactive ketones (excluding diaryl/α,β-unsaturated/α-hetero) is 1. The minimum atomic E-state index is -4.02. The fraction of sp³-hybridized carbons (Fsp3) is 0.500. The van der Waals surface area contributed by atoms with E-state index < -0.39 is 13.1 Å². The summed E-state index contributed by atoms with van der Waals surface area (Å²) < 4.78 is 11.0. The highest BCUT2D eigenvalue weighted by Gasteiger charge is 2.24. The fourth-order valence-electron chi connectivity index (χ4n) is 3.20. The third-order valence-corrected chi connectivity index (χ3v) is 7.05. The molecule has 0 aliphatic carbocycles. The number of aryl methyl sites for hydroxylation is 3. The third kappa shape index (κ3) is 9.37. The number of thiophene rings is 1. The second-order valence-corrected chi connectivity index (χ2v) is 11.1. The molecule has 0 saturated heterocycles. The molecule has 0 bridgehead atoms. The van der Waals surface area contributed by atoms with Crippen molar-refractivity contribution >= 4 is 24.7 Å². The fourth-order valence-corrected chi connectivity index (χ4v) is 4.98. The summed E-state index contributed by atoms with van der Waals surface area (Å²) in [6.07, 6.45) is 4.84. The minimum absolute atomic E-state index is 0.183. The first-order valence-electron chi connectivity index (χ1n) is 10.0. The Hall–Kier alpha value is -1.30. The average molecular weight is 438 g/mol. The summed E-state index contributed by atoms with van der Waals surface area (Å²) in [5, 5.41) is 0. The van der Waals surface area contributed by atoms with E-state index in [2.05, 4.69) is 31.2 Å². The third-order valence-electron chi connectivity index (χ3n) is 5.05. The first kappa shape index (κ1) is 24.0. The largest absolute Gasteiger partial charge is 0.325 e. The molecule has 1 aromatic carbocycles. The van der Waals surface area contributed by atoms with Crippen LogP contribution in [0, 0.1) is 6.92 Å². The predicted octanol–water partition coefficient (Wildman–Crippen LogP) is 4.87. The van der Waals surface area contributed by atoms with Gasteiger partial charge in [-0.05, 0) is 70.1 Å². The van der Waals surface area contributed by atoms with Gasteiger partial charge in [0.1, 0.15) is 0 Å². The van der Waals surface area contributed by atoms with Gasteiger partial charge in [-0.2, -0.15) is 0 Å². The Morgan fingerprint density at radius 3 is 2.59 bits per heavy atom. The van der Waals surface area contributed by atoms with E-state index >= 15 is 0 Å². The summed E-state index contributed by atoms with van der Waals surface area (Å²) in [6, 6.07) is 12.3. The molecule has 2 aromatic rings. The Morgan fingerprint density at radius 2 is 1.90 bits per heavy atom. The maximum Gasteiger partial charge on any atom is 0.325 e. The van der Waals surface area contributed by atoms with Gasteiger partial charge in [-0.25, -0.2) is 0 Å². The van der Waals surface area contributed by atoms with Gasteiger partial charge in [0.05, 0.1) is 11.0 Å². The minimum Gasteiger partial charge on any atom is -0.325 e. The summed E-state index contributed by atoms with van der Waals surface area (Å²) in [4.78, 5) is 32.3. The van der Waals surface area contributed by atoms with E-state index in [-0.39, 0.29) is 18.4 Å². The van der Waals surface area contributed by atoms with E-state index in [1.807, 2.05) is 19.1 Å². The molecule has 0 amide bonds. The van der Waals surface area contributed by atoms with Gasteiger partial charge in [0, 0.05) is 16.8 Å². The normalized spacial score (nSPS) is 14.0. The molecule has 0 saturated carbocycles. The molecule has 0 fully saturated rings. The van der Waals surface area contributed by atoms with Gasteiger partial charge in [-0.15, -0.1) is 11.3 Å². The highest BCUT2D eigenvalue weighted by atomic mass is 32.1. The molecule has 0 aliphatic rings. The quantitative estimate of drug-likeness (QED) is 0.250. The number of hydrogen-bond acceptors (Lipinski definition) is 4. The molecular formula is C22H32NO4PS. The Morgan fingerprint density at radius 1 is 1.14 bits per heavy atom. The lowest BCUT2D eigenvalue weighted by atomic mass is 9.94. The standard InChI is InChI=1S/C22H32NO4PS/c1-17-6-5-8-18(16-17)7-3-4-9-20(24)21-11-10-19(29-21)12-13-22(2,23)14-15-28(25,26)27/h5-6,8,10-11,16H,3-4,7,9,12-15,23H2,1-2H3,(H2,25,26,27). The first-order valence-corrected chi connectivity index (χ1v) is 12.7. The highest BCUT2D eigenvalue weighted by molar-refractivity contribution is 7.51. The first-order chi connectivity index (χ1) is 13.5. The van der Waals surface area contributed by atoms with Gasteiger partial charge >= 0.3 is 7.60 Å². The zero-order valence-corrected chi connectivity index (χ0v) is 19.0. The number of rotatable bonds is 12. The smallest absolute Gasteiger partial charge is 0.325 e. The second-order valence-electron chi connectivity index (χ2n) is 8.18. The number of carbonyl (C=O) groups excluding carboxylic acids is 1. The van der Waals surface area contributed by atoms with Gasteiger partial charge in [0.25, 0.3) is 0 Å². The molecule has 1 heterocycles. The number of hydrogen-bond donors (Lipinski definition) is 3. The van der Waals surface area contributed by atoms with Crippen molar-refractivity contribution in [3.05, 3.63) is 57.3 Å². The topological polar surface area (TPSA) is 101 Å². The van der Waals surface area contributed by atoms with Crippen LogP contribution in [0.2, 0.25) is 0 Å². The van der Waals surface area contributed by atoms with E-state index in [1.54, 1.807) is 0 Å². The van der Waals surface area contributed by atoms with Crippen LogP contribution < -0.4 is 5.73 Å². The monoisotopic (exact) mass is 437 g/mol. The molecule has 7 heteroatoms. The average Bonchev–Trinajstić information content (AvgIpc) is 3.11. The maximum atomic E-state index is 12.4. The summed E-state index contributed by atoms with van der Waals surface area (Å²) in [6.45, 7) is 3.91. The summed E-state index contributed by atoms with van der Waals surface area (Å²) in [7, 11) is -4.02. The second kappa shape index (κ2) is 10.6. The van der Waals surface area contributed by atoms with Crippen molar-refractivity contribution in [2.24, 2.45) is 5.73 Å². The zero-order valence-electron chi connectivity index (χ0n) is 17.3. The van der Waals surface area contributed by atoms with Gasteiger partial charge < -0.3 is 15.5 Å². The van der Waals surface area contributed by atoms with Crippen molar-refractivity contribution < 1.29 is 19.1 Å². The number of unbranched alkanes of at least 4 members (excludes halogenated alkanes) is 1. The van der Waals surface area contributed by atoms with E-state index in [0.29, 0.717) is 19.3 Å². The van der Waals surface area contributed by atoms with E-state index in [9.17, 15) is 9.36 Å². The Labute approximate surface area is 177 Å². The van der Waals surface area contributed by atoms with Crippen molar-refractivity contribution in [1.82, 2.24) is 0 Å². The summed E-state index contributed by atoms with van der Waals surface area (Å²) in [5.74, 6) is 0.183. The van der Waals surface area contributed by atoms with Crippen LogP contribution in [0.1, 0.15) is 64.7 Å². The van der Waals surface area contributed by atoms with Crippen LogP contribution in [-0.2, 0) is 17.4 Å². The molecule has 0 radical (unpaired) electrons. The lowest BCUT2D eigenvalue weighted by molar-refractivity contribution is 0.0983. The molecule has 29 heavy (non-hydrogen) atoms. The summed E-state index contributed by atoms with van der Waals surface area (Å²) >= 11 is 1.50. The molecule has 5 nitrogen and oxygen atoms in total. The molecule has 1 unspecified atom stereocenters. The predicted molar refractivity (Wildman–Crippen MR) is 120 cm³/mol. The molecule has 0 spiro atoms. The van der Waals surface area contributed by atoms with Crippen LogP contribution >= 0.6 is 18.9 Å². The summed E-state index contributed by atoms with van der Waals surface area (Å²) in [5.41, 5.74) is 8.12. The van der Waals surface area contributed by atoms with E-state index in [0.717, 1.165) is 29.0 Å². The molecule has 160 valence electrons. The molecular weight excluding hydrogens is 405 g/mol. The van der Waals surface area contributed by atoms with Crippen LogP contribution in [0.15, 0.2) is 36.4 Å². The molecule has 0 aliphatic heterocycles. The van der Waals surface area contributed by atoms with Crippen molar-refractivity contribution in [3.8, 4) is 0 Å². The van der Waals surface area contributed by atoms with Crippen LogP contribution in [0.5, 0.6) is 0 Å². The van der Waals surface area contributed by atoms with Crippen LogP contribution in [-0.4, -0.2) is 27.3 Å². The number of benzene rings is 1. The van der Waals surface area contributed by atoms with Crippen LogP contribution in [0.3, 0.4) is 0 Å². The van der Waals surface area contributed by atoms with Crippen molar-refractivity contribution in [1.29, 1.82) is 0 Å². The Bertz CT molecular complexity index is 856. The maximum absolute atomic E-state index is 12.4. The van der Waals surface area contributed by atoms with E-state index in [1.165, 1.54) is 22.5 Å². The molecule has 2 rings (SSSR count). The molecule has 1 aromatic heterocycles. The lowest BCUT2D eigenvalue weighted by Crippen LogP contribution is -2.37. The number of ketones is 1. The van der Waals surface area contributed by atoms with Gasteiger partial charge in [-0.1, -0.05) is 29.8 Å². The van der Waals surface area contributed by atoms with Gasteiger partial charge in [0.15, 0.2) is 5.78 Å². The van der Waals surface area contributed by atoms with E-state index in [4.69, 9.17) is 15.5 Å².